The largest absolute Gasteiger partial charge is 0.330 e. The third-order valence-electron chi connectivity index (χ3n) is 3.35. The molecular weight excluding hydrogens is 194 g/mol. The van der Waals surface area contributed by atoms with Gasteiger partial charge in [-0.25, -0.2) is 0 Å². The first-order valence-corrected chi connectivity index (χ1v) is 7.40. The molecule has 16 heavy (non-hydrogen) atoms. The van der Waals surface area contributed by atoms with Crippen LogP contribution in [-0.4, -0.2) is 6.54 Å². The molecule has 2 N–H and O–H groups in total. The molecule has 0 radical (unpaired) electrons. The van der Waals surface area contributed by atoms with Crippen LogP contribution in [0.2, 0.25) is 0 Å². The van der Waals surface area contributed by atoms with E-state index in [0.717, 1.165) is 18.4 Å². The van der Waals surface area contributed by atoms with Crippen molar-refractivity contribution >= 4 is 0 Å². The number of nitrogens with two attached hydrogens (primary N) is 1. The predicted molar refractivity (Wildman–Crippen MR) is 74.6 cm³/mol. The van der Waals surface area contributed by atoms with Crippen molar-refractivity contribution < 1.29 is 0 Å². The summed E-state index contributed by atoms with van der Waals surface area (Å²) in [5.74, 6) is 1.58. The Morgan fingerprint density at radius 3 is 1.94 bits per heavy atom. The molecule has 0 bridgehead atoms. The van der Waals surface area contributed by atoms with Crippen LogP contribution in [0, 0.1) is 11.8 Å². The third kappa shape index (κ3) is 10.5. The second kappa shape index (κ2) is 11.4. The SMILES string of the molecule is CCCCCCCCCC(CN)CC(C)C. The summed E-state index contributed by atoms with van der Waals surface area (Å²) in [4.78, 5) is 0. The molecule has 0 rings (SSSR count). The number of hydrogen-bond donors (Lipinski definition) is 1. The molecular formula is C15H33N. The van der Waals surface area contributed by atoms with E-state index in [1.165, 1.54) is 57.8 Å². The molecule has 0 saturated heterocycles. The van der Waals surface area contributed by atoms with Gasteiger partial charge in [-0.3, -0.25) is 0 Å². The first-order chi connectivity index (χ1) is 7.70. The summed E-state index contributed by atoms with van der Waals surface area (Å²) in [6, 6.07) is 0. The summed E-state index contributed by atoms with van der Waals surface area (Å²) in [7, 11) is 0. The molecule has 98 valence electrons. The lowest BCUT2D eigenvalue weighted by Crippen LogP contribution is -2.16. The maximum atomic E-state index is 5.80. The van der Waals surface area contributed by atoms with Crippen LogP contribution in [-0.2, 0) is 0 Å². The Balaban J connectivity index is 3.27. The molecule has 0 aliphatic rings. The number of rotatable bonds is 11. The Morgan fingerprint density at radius 1 is 0.875 bits per heavy atom. The lowest BCUT2D eigenvalue weighted by molar-refractivity contribution is 0.378. The average molecular weight is 227 g/mol. The molecule has 0 heterocycles. The molecule has 1 heteroatoms. The van der Waals surface area contributed by atoms with Crippen molar-refractivity contribution in [1.82, 2.24) is 0 Å². The van der Waals surface area contributed by atoms with E-state index in [-0.39, 0.29) is 0 Å². The normalized spacial score (nSPS) is 13.3. The van der Waals surface area contributed by atoms with Gasteiger partial charge in [0.1, 0.15) is 0 Å². The summed E-state index contributed by atoms with van der Waals surface area (Å²) in [6.45, 7) is 7.76. The predicted octanol–water partition coefficient (Wildman–Crippen LogP) is 4.75. The van der Waals surface area contributed by atoms with Gasteiger partial charge in [0.05, 0.1) is 0 Å². The highest BCUT2D eigenvalue weighted by atomic mass is 14.5. The highest BCUT2D eigenvalue weighted by Crippen LogP contribution is 2.18. The Labute approximate surface area is 103 Å². The van der Waals surface area contributed by atoms with Crippen LogP contribution in [0.3, 0.4) is 0 Å². The van der Waals surface area contributed by atoms with Crippen LogP contribution in [0.15, 0.2) is 0 Å². The van der Waals surface area contributed by atoms with Crippen LogP contribution < -0.4 is 5.73 Å². The standard InChI is InChI=1S/C15H33N/c1-4-5-6-7-8-9-10-11-15(13-16)12-14(2)3/h14-15H,4-13,16H2,1-3H3. The Kier molecular flexibility index (Phi) is 11.4. The van der Waals surface area contributed by atoms with Crippen LogP contribution in [0.25, 0.3) is 0 Å². The minimum absolute atomic E-state index is 0.774. The van der Waals surface area contributed by atoms with Crippen molar-refractivity contribution in [1.29, 1.82) is 0 Å². The van der Waals surface area contributed by atoms with E-state index in [4.69, 9.17) is 5.73 Å². The Bertz CT molecular complexity index is 131. The summed E-state index contributed by atoms with van der Waals surface area (Å²) < 4.78 is 0. The summed E-state index contributed by atoms with van der Waals surface area (Å²) >= 11 is 0. The van der Waals surface area contributed by atoms with Gasteiger partial charge >= 0.3 is 0 Å². The van der Waals surface area contributed by atoms with Crippen LogP contribution in [0.5, 0.6) is 0 Å². The van der Waals surface area contributed by atoms with Crippen molar-refractivity contribution in [3.05, 3.63) is 0 Å². The molecule has 0 spiro atoms. The molecule has 0 aromatic carbocycles. The fraction of sp³-hybridized carbons (Fsp3) is 1.00. The summed E-state index contributed by atoms with van der Waals surface area (Å²) in [6.07, 6.45) is 12.5. The van der Waals surface area contributed by atoms with E-state index in [9.17, 15) is 0 Å². The van der Waals surface area contributed by atoms with Gasteiger partial charge in [0.25, 0.3) is 0 Å². The number of hydrogen-bond acceptors (Lipinski definition) is 1. The minimum Gasteiger partial charge on any atom is -0.330 e. The zero-order valence-electron chi connectivity index (χ0n) is 11.8. The summed E-state index contributed by atoms with van der Waals surface area (Å²) in [5, 5.41) is 0. The van der Waals surface area contributed by atoms with E-state index in [2.05, 4.69) is 20.8 Å². The first-order valence-electron chi connectivity index (χ1n) is 7.40. The average Bonchev–Trinajstić information content (AvgIpc) is 2.25. The van der Waals surface area contributed by atoms with Gasteiger partial charge in [-0.2, -0.15) is 0 Å². The first kappa shape index (κ1) is 16.0. The smallest absolute Gasteiger partial charge is 0.00488 e. The van der Waals surface area contributed by atoms with E-state index in [0.29, 0.717) is 0 Å². The monoisotopic (exact) mass is 227 g/mol. The zero-order chi connectivity index (χ0) is 12.2. The molecule has 1 nitrogen and oxygen atoms in total. The molecule has 0 aromatic heterocycles. The van der Waals surface area contributed by atoms with Gasteiger partial charge in [0, 0.05) is 0 Å². The van der Waals surface area contributed by atoms with Crippen LogP contribution >= 0.6 is 0 Å². The van der Waals surface area contributed by atoms with E-state index >= 15 is 0 Å². The molecule has 0 saturated carbocycles. The van der Waals surface area contributed by atoms with E-state index < -0.39 is 0 Å². The third-order valence-corrected chi connectivity index (χ3v) is 3.35. The van der Waals surface area contributed by atoms with Gasteiger partial charge in [-0.05, 0) is 31.2 Å². The van der Waals surface area contributed by atoms with Crippen molar-refractivity contribution in [3.63, 3.8) is 0 Å². The quantitative estimate of drug-likeness (QED) is 0.507. The molecule has 1 atom stereocenters. The zero-order valence-corrected chi connectivity index (χ0v) is 11.8. The lowest BCUT2D eigenvalue weighted by Gasteiger charge is -2.16. The van der Waals surface area contributed by atoms with Crippen molar-refractivity contribution in [3.8, 4) is 0 Å². The highest BCUT2D eigenvalue weighted by molar-refractivity contribution is 4.62. The van der Waals surface area contributed by atoms with Crippen LogP contribution in [0.1, 0.15) is 78.6 Å². The van der Waals surface area contributed by atoms with E-state index in [1.807, 2.05) is 0 Å². The maximum Gasteiger partial charge on any atom is -0.00488 e. The Morgan fingerprint density at radius 2 is 1.44 bits per heavy atom. The second-order valence-corrected chi connectivity index (χ2v) is 5.64. The van der Waals surface area contributed by atoms with Crippen molar-refractivity contribution in [2.45, 2.75) is 78.6 Å². The second-order valence-electron chi connectivity index (χ2n) is 5.64. The fourth-order valence-corrected chi connectivity index (χ4v) is 2.39. The van der Waals surface area contributed by atoms with Gasteiger partial charge in [0.2, 0.25) is 0 Å². The molecule has 0 aliphatic heterocycles. The molecule has 0 aliphatic carbocycles. The molecule has 1 unspecified atom stereocenters. The molecule has 0 fully saturated rings. The topological polar surface area (TPSA) is 26.0 Å². The van der Waals surface area contributed by atoms with Gasteiger partial charge in [0.15, 0.2) is 0 Å². The maximum absolute atomic E-state index is 5.80. The molecule has 0 amide bonds. The number of unbranched alkanes of at least 4 members (excludes halogenated alkanes) is 6. The highest BCUT2D eigenvalue weighted by Gasteiger charge is 2.08. The lowest BCUT2D eigenvalue weighted by atomic mass is 9.92. The van der Waals surface area contributed by atoms with E-state index in [1.54, 1.807) is 0 Å². The molecule has 0 aromatic rings. The van der Waals surface area contributed by atoms with Gasteiger partial charge in [-0.15, -0.1) is 0 Å². The van der Waals surface area contributed by atoms with Crippen LogP contribution in [0.4, 0.5) is 0 Å². The van der Waals surface area contributed by atoms with Gasteiger partial charge in [-0.1, -0.05) is 65.7 Å². The Hall–Kier alpha value is -0.0400. The minimum atomic E-state index is 0.774. The summed E-state index contributed by atoms with van der Waals surface area (Å²) in [5.41, 5.74) is 5.80. The van der Waals surface area contributed by atoms with Crippen molar-refractivity contribution in [2.24, 2.45) is 17.6 Å². The van der Waals surface area contributed by atoms with Gasteiger partial charge < -0.3 is 5.73 Å². The fourth-order valence-electron chi connectivity index (χ4n) is 2.39. The van der Waals surface area contributed by atoms with Crippen molar-refractivity contribution in [2.75, 3.05) is 6.54 Å².